The Kier molecular flexibility index (Phi) is 5.31. The van der Waals surface area contributed by atoms with Crippen LogP contribution in [0.2, 0.25) is 0 Å². The lowest BCUT2D eigenvalue weighted by molar-refractivity contribution is 0.415. The Morgan fingerprint density at radius 2 is 2.07 bits per heavy atom. The number of thioether (sulfide) groups is 1. The van der Waals surface area contributed by atoms with E-state index < -0.39 is 0 Å². The molecule has 0 aliphatic carbocycles. The molecular formula is C20H17N3O3S2. The first-order valence-corrected chi connectivity index (χ1v) is 10.3. The first-order valence-electron chi connectivity index (χ1n) is 8.51. The molecule has 0 aliphatic heterocycles. The van der Waals surface area contributed by atoms with Crippen molar-refractivity contribution in [2.75, 3.05) is 12.4 Å². The Labute approximate surface area is 169 Å². The Morgan fingerprint density at radius 3 is 2.93 bits per heavy atom. The van der Waals surface area contributed by atoms with Crippen molar-refractivity contribution in [1.29, 1.82) is 0 Å². The van der Waals surface area contributed by atoms with Gasteiger partial charge in [0, 0.05) is 29.0 Å². The maximum absolute atomic E-state index is 11.9. The second-order valence-electron chi connectivity index (χ2n) is 6.11. The Hall–Kier alpha value is -2.84. The van der Waals surface area contributed by atoms with Crippen molar-refractivity contribution in [2.45, 2.75) is 17.0 Å². The highest BCUT2D eigenvalue weighted by Crippen LogP contribution is 2.32. The van der Waals surface area contributed by atoms with Crippen LogP contribution in [-0.4, -0.2) is 17.3 Å². The standard InChI is InChI=1S/C20H17N3O3S2/c1-12-6-7-16-13(9-18(24)26-17(16)8-12)11-27-20-23-22-19(28-20)21-14-4-3-5-15(10-14)25-2/h3-10H,11H2,1-2H3,(H,21,22). The van der Waals surface area contributed by atoms with Crippen LogP contribution in [0.4, 0.5) is 10.8 Å². The fraction of sp³-hybridized carbons (Fsp3) is 0.150. The van der Waals surface area contributed by atoms with Crippen molar-refractivity contribution in [3.8, 4) is 5.75 Å². The zero-order valence-electron chi connectivity index (χ0n) is 15.3. The minimum atomic E-state index is -0.341. The molecule has 0 radical (unpaired) electrons. The summed E-state index contributed by atoms with van der Waals surface area (Å²) in [5.41, 5.74) is 3.13. The number of benzene rings is 2. The second kappa shape index (κ2) is 8.04. The van der Waals surface area contributed by atoms with Gasteiger partial charge in [-0.05, 0) is 36.2 Å². The van der Waals surface area contributed by atoms with Crippen LogP contribution in [0, 0.1) is 6.92 Å². The summed E-state index contributed by atoms with van der Waals surface area (Å²) in [4.78, 5) is 11.9. The van der Waals surface area contributed by atoms with Crippen LogP contribution in [0.5, 0.6) is 5.75 Å². The highest BCUT2D eigenvalue weighted by molar-refractivity contribution is 8.00. The van der Waals surface area contributed by atoms with Gasteiger partial charge in [0.05, 0.1) is 7.11 Å². The number of methoxy groups -OCH3 is 1. The first kappa shape index (κ1) is 18.5. The third kappa shape index (κ3) is 4.18. The van der Waals surface area contributed by atoms with Gasteiger partial charge < -0.3 is 14.5 Å². The van der Waals surface area contributed by atoms with Crippen LogP contribution in [0.3, 0.4) is 0 Å². The number of ether oxygens (including phenoxy) is 1. The van der Waals surface area contributed by atoms with Crippen LogP contribution >= 0.6 is 23.1 Å². The molecule has 0 bridgehead atoms. The van der Waals surface area contributed by atoms with E-state index in [1.54, 1.807) is 13.2 Å². The molecule has 0 saturated heterocycles. The molecule has 4 rings (SSSR count). The van der Waals surface area contributed by atoms with E-state index in [0.717, 1.165) is 32.3 Å². The van der Waals surface area contributed by atoms with Crippen molar-refractivity contribution >= 4 is 44.9 Å². The maximum Gasteiger partial charge on any atom is 0.336 e. The van der Waals surface area contributed by atoms with E-state index >= 15 is 0 Å². The maximum atomic E-state index is 11.9. The van der Waals surface area contributed by atoms with Crippen LogP contribution in [0.15, 0.2) is 62.1 Å². The zero-order valence-corrected chi connectivity index (χ0v) is 16.9. The number of anilines is 2. The summed E-state index contributed by atoms with van der Waals surface area (Å²) >= 11 is 3.00. The molecule has 0 aliphatic rings. The van der Waals surface area contributed by atoms with Crippen LogP contribution in [0.1, 0.15) is 11.1 Å². The average Bonchev–Trinajstić information content (AvgIpc) is 3.13. The Morgan fingerprint density at radius 1 is 1.18 bits per heavy atom. The Balaban J connectivity index is 1.49. The van der Waals surface area contributed by atoms with Crippen LogP contribution < -0.4 is 15.7 Å². The summed E-state index contributed by atoms with van der Waals surface area (Å²) < 4.78 is 11.4. The van der Waals surface area contributed by atoms with Crippen molar-refractivity contribution in [3.63, 3.8) is 0 Å². The molecule has 1 N–H and O–H groups in total. The van der Waals surface area contributed by atoms with E-state index in [9.17, 15) is 4.79 Å². The first-order chi connectivity index (χ1) is 13.6. The summed E-state index contributed by atoms with van der Waals surface area (Å²) in [7, 11) is 1.63. The van der Waals surface area contributed by atoms with Gasteiger partial charge >= 0.3 is 5.63 Å². The summed E-state index contributed by atoms with van der Waals surface area (Å²) in [6.07, 6.45) is 0. The summed E-state index contributed by atoms with van der Waals surface area (Å²) in [6, 6.07) is 15.0. The predicted molar refractivity (Wildman–Crippen MR) is 113 cm³/mol. The smallest absolute Gasteiger partial charge is 0.336 e. The van der Waals surface area contributed by atoms with Gasteiger partial charge in [0.25, 0.3) is 0 Å². The van der Waals surface area contributed by atoms with E-state index in [1.165, 1.54) is 23.1 Å². The molecule has 0 amide bonds. The minimum Gasteiger partial charge on any atom is -0.497 e. The van der Waals surface area contributed by atoms with Gasteiger partial charge in [-0.3, -0.25) is 0 Å². The molecule has 8 heteroatoms. The number of hydrogen-bond acceptors (Lipinski definition) is 8. The predicted octanol–water partition coefficient (Wildman–Crippen LogP) is 5.00. The second-order valence-corrected chi connectivity index (χ2v) is 8.31. The largest absolute Gasteiger partial charge is 0.497 e. The van der Waals surface area contributed by atoms with E-state index in [2.05, 4.69) is 15.5 Å². The van der Waals surface area contributed by atoms with E-state index in [-0.39, 0.29) is 5.63 Å². The number of fused-ring (bicyclic) bond motifs is 1. The lowest BCUT2D eigenvalue weighted by atomic mass is 10.1. The average molecular weight is 412 g/mol. The lowest BCUT2D eigenvalue weighted by Gasteiger charge is -2.05. The number of nitrogens with one attached hydrogen (secondary N) is 1. The van der Waals surface area contributed by atoms with Crippen LogP contribution in [0.25, 0.3) is 11.0 Å². The molecule has 0 fully saturated rings. The highest BCUT2D eigenvalue weighted by Gasteiger charge is 2.10. The van der Waals surface area contributed by atoms with E-state index in [4.69, 9.17) is 9.15 Å². The molecule has 0 atom stereocenters. The third-order valence-electron chi connectivity index (χ3n) is 4.06. The summed E-state index contributed by atoms with van der Waals surface area (Å²) in [5.74, 6) is 1.38. The van der Waals surface area contributed by atoms with Gasteiger partial charge in [0.15, 0.2) is 4.34 Å². The molecule has 2 aromatic heterocycles. The molecule has 0 saturated carbocycles. The molecule has 6 nitrogen and oxygen atoms in total. The monoisotopic (exact) mass is 411 g/mol. The molecule has 2 aromatic carbocycles. The number of nitrogens with zero attached hydrogens (tertiary/aromatic N) is 2. The summed E-state index contributed by atoms with van der Waals surface area (Å²) in [6.45, 7) is 1.97. The normalized spacial score (nSPS) is 10.9. The van der Waals surface area contributed by atoms with E-state index in [0.29, 0.717) is 16.5 Å². The van der Waals surface area contributed by atoms with Gasteiger partial charge in [-0.1, -0.05) is 41.3 Å². The van der Waals surface area contributed by atoms with Crippen molar-refractivity contribution in [1.82, 2.24) is 10.2 Å². The molecule has 142 valence electrons. The SMILES string of the molecule is COc1cccc(Nc2nnc(SCc3cc(=O)oc4cc(C)ccc34)s2)c1. The zero-order chi connectivity index (χ0) is 19.5. The number of rotatable bonds is 6. The van der Waals surface area contributed by atoms with Gasteiger partial charge in [0.2, 0.25) is 5.13 Å². The fourth-order valence-electron chi connectivity index (χ4n) is 2.74. The molecule has 4 aromatic rings. The van der Waals surface area contributed by atoms with Gasteiger partial charge in [-0.15, -0.1) is 10.2 Å². The fourth-order valence-corrected chi connectivity index (χ4v) is 4.50. The third-order valence-corrected chi connectivity index (χ3v) is 6.09. The summed E-state index contributed by atoms with van der Waals surface area (Å²) in [5, 5.41) is 13.3. The number of aromatic nitrogens is 2. The van der Waals surface area contributed by atoms with Gasteiger partial charge in [-0.25, -0.2) is 4.79 Å². The topological polar surface area (TPSA) is 77.2 Å². The molecule has 0 spiro atoms. The molecule has 2 heterocycles. The molecule has 0 unspecified atom stereocenters. The number of hydrogen-bond donors (Lipinski definition) is 1. The van der Waals surface area contributed by atoms with Crippen molar-refractivity contribution in [2.24, 2.45) is 0 Å². The lowest BCUT2D eigenvalue weighted by Crippen LogP contribution is -2.00. The molecule has 28 heavy (non-hydrogen) atoms. The Bertz CT molecular complexity index is 1190. The van der Waals surface area contributed by atoms with Gasteiger partial charge in [0.1, 0.15) is 11.3 Å². The minimum absolute atomic E-state index is 0.341. The van der Waals surface area contributed by atoms with E-state index in [1.807, 2.05) is 49.4 Å². The number of aryl methyl sites for hydroxylation is 1. The van der Waals surface area contributed by atoms with Crippen molar-refractivity contribution < 1.29 is 9.15 Å². The van der Waals surface area contributed by atoms with Gasteiger partial charge in [-0.2, -0.15) is 0 Å². The molecular weight excluding hydrogens is 394 g/mol. The quantitative estimate of drug-likeness (QED) is 0.353. The highest BCUT2D eigenvalue weighted by atomic mass is 32.2. The van der Waals surface area contributed by atoms with Crippen molar-refractivity contribution in [3.05, 3.63) is 70.1 Å². The van der Waals surface area contributed by atoms with Crippen LogP contribution in [-0.2, 0) is 5.75 Å².